The SMILES string of the molecule is CC(C)N1CCC(c2cn3c(n2)CCCC3C(=O)O)CC1. The van der Waals surface area contributed by atoms with Gasteiger partial charge in [0.2, 0.25) is 0 Å². The topological polar surface area (TPSA) is 58.4 Å². The van der Waals surface area contributed by atoms with Gasteiger partial charge in [-0.3, -0.25) is 0 Å². The van der Waals surface area contributed by atoms with Gasteiger partial charge in [0.15, 0.2) is 0 Å². The Kier molecular flexibility index (Phi) is 4.02. The number of aliphatic carboxylic acids is 1. The van der Waals surface area contributed by atoms with Gasteiger partial charge in [0.25, 0.3) is 0 Å². The summed E-state index contributed by atoms with van der Waals surface area (Å²) in [6.07, 6.45) is 6.85. The minimum absolute atomic E-state index is 0.411. The average Bonchev–Trinajstić information content (AvgIpc) is 2.90. The van der Waals surface area contributed by atoms with Crippen LogP contribution in [0, 0.1) is 0 Å². The van der Waals surface area contributed by atoms with Crippen molar-refractivity contribution in [1.29, 1.82) is 0 Å². The molecular formula is C16H25N3O2. The van der Waals surface area contributed by atoms with E-state index in [1.807, 2.05) is 10.8 Å². The molecule has 5 nitrogen and oxygen atoms in total. The number of piperidine rings is 1. The summed E-state index contributed by atoms with van der Waals surface area (Å²) in [5.41, 5.74) is 1.11. The van der Waals surface area contributed by atoms with E-state index in [-0.39, 0.29) is 0 Å². The highest BCUT2D eigenvalue weighted by molar-refractivity contribution is 5.72. The first kappa shape index (κ1) is 14.6. The van der Waals surface area contributed by atoms with E-state index in [2.05, 4.69) is 18.7 Å². The summed E-state index contributed by atoms with van der Waals surface area (Å²) in [7, 11) is 0. The standard InChI is InChI=1S/C16H25N3O2/c1-11(2)18-8-6-12(7-9-18)13-10-19-14(16(20)21)4-3-5-15(19)17-13/h10-12,14H,3-9H2,1-2H3,(H,20,21). The van der Waals surface area contributed by atoms with Gasteiger partial charge in [-0.15, -0.1) is 0 Å². The minimum Gasteiger partial charge on any atom is -0.480 e. The van der Waals surface area contributed by atoms with Gasteiger partial charge in [-0.2, -0.15) is 0 Å². The van der Waals surface area contributed by atoms with E-state index in [9.17, 15) is 9.90 Å². The van der Waals surface area contributed by atoms with E-state index in [4.69, 9.17) is 4.98 Å². The molecule has 0 saturated carbocycles. The lowest BCUT2D eigenvalue weighted by Crippen LogP contribution is -2.37. The number of hydrogen-bond donors (Lipinski definition) is 1. The molecule has 1 atom stereocenters. The Labute approximate surface area is 126 Å². The Morgan fingerprint density at radius 2 is 2.05 bits per heavy atom. The fourth-order valence-corrected chi connectivity index (χ4v) is 3.65. The summed E-state index contributed by atoms with van der Waals surface area (Å²) in [5, 5.41) is 9.35. The van der Waals surface area contributed by atoms with Gasteiger partial charge in [-0.25, -0.2) is 9.78 Å². The van der Waals surface area contributed by atoms with Crippen LogP contribution in [0.4, 0.5) is 0 Å². The number of nitrogens with zero attached hydrogens (tertiary/aromatic N) is 3. The normalized spacial score (nSPS) is 24.2. The van der Waals surface area contributed by atoms with Crippen molar-refractivity contribution in [3.8, 4) is 0 Å². The van der Waals surface area contributed by atoms with Gasteiger partial charge in [-0.1, -0.05) is 0 Å². The highest BCUT2D eigenvalue weighted by atomic mass is 16.4. The zero-order valence-corrected chi connectivity index (χ0v) is 13.0. The van der Waals surface area contributed by atoms with Gasteiger partial charge in [0.1, 0.15) is 11.9 Å². The zero-order chi connectivity index (χ0) is 15.0. The molecule has 2 aliphatic heterocycles. The number of carbonyl (C=O) groups is 1. The van der Waals surface area contributed by atoms with Crippen LogP contribution >= 0.6 is 0 Å². The fraction of sp³-hybridized carbons (Fsp3) is 0.750. The highest BCUT2D eigenvalue weighted by Crippen LogP contribution is 2.32. The van der Waals surface area contributed by atoms with Crippen LogP contribution in [0.3, 0.4) is 0 Å². The summed E-state index contributed by atoms with van der Waals surface area (Å²) in [5.74, 6) is 0.733. The molecule has 0 spiro atoms. The van der Waals surface area contributed by atoms with Crippen LogP contribution in [0.1, 0.15) is 63.0 Å². The smallest absolute Gasteiger partial charge is 0.326 e. The first-order valence-electron chi connectivity index (χ1n) is 8.10. The third-order valence-electron chi connectivity index (χ3n) is 5.00. The third-order valence-corrected chi connectivity index (χ3v) is 5.00. The largest absolute Gasteiger partial charge is 0.480 e. The summed E-state index contributed by atoms with van der Waals surface area (Å²) in [6, 6.07) is 0.197. The average molecular weight is 291 g/mol. The molecule has 1 N–H and O–H groups in total. The molecule has 0 aromatic carbocycles. The van der Waals surface area contributed by atoms with Crippen molar-refractivity contribution in [2.45, 2.75) is 64.0 Å². The van der Waals surface area contributed by atoms with Crippen LogP contribution < -0.4 is 0 Å². The number of fused-ring (bicyclic) bond motifs is 1. The van der Waals surface area contributed by atoms with E-state index in [1.54, 1.807) is 0 Å². The molecule has 2 aliphatic rings. The predicted molar refractivity (Wildman–Crippen MR) is 80.5 cm³/mol. The number of imidazole rings is 1. The molecular weight excluding hydrogens is 266 g/mol. The molecule has 1 aromatic rings. The maximum absolute atomic E-state index is 11.4. The molecule has 21 heavy (non-hydrogen) atoms. The second kappa shape index (κ2) is 5.79. The molecule has 3 heterocycles. The van der Waals surface area contributed by atoms with Crippen molar-refractivity contribution < 1.29 is 9.90 Å². The summed E-state index contributed by atoms with van der Waals surface area (Å²) in [4.78, 5) is 18.6. The molecule has 116 valence electrons. The molecule has 1 fully saturated rings. The molecule has 5 heteroatoms. The van der Waals surface area contributed by atoms with Gasteiger partial charge in [-0.05, 0) is 52.6 Å². The second-order valence-electron chi connectivity index (χ2n) is 6.64. The first-order valence-corrected chi connectivity index (χ1v) is 8.10. The van der Waals surface area contributed by atoms with Gasteiger partial charge >= 0.3 is 5.97 Å². The molecule has 1 aromatic heterocycles. The lowest BCUT2D eigenvalue weighted by atomic mass is 9.93. The third kappa shape index (κ3) is 2.84. The lowest BCUT2D eigenvalue weighted by Gasteiger charge is -2.33. The fourth-order valence-electron chi connectivity index (χ4n) is 3.65. The second-order valence-corrected chi connectivity index (χ2v) is 6.64. The minimum atomic E-state index is -0.727. The molecule has 0 amide bonds. The number of carboxylic acids is 1. The van der Waals surface area contributed by atoms with Gasteiger partial charge in [0, 0.05) is 24.6 Å². The van der Waals surface area contributed by atoms with Crippen molar-refractivity contribution in [3.05, 3.63) is 17.7 Å². The van der Waals surface area contributed by atoms with Gasteiger partial charge in [0.05, 0.1) is 5.69 Å². The Morgan fingerprint density at radius 1 is 1.33 bits per heavy atom. The number of likely N-dealkylation sites (tertiary alicyclic amines) is 1. The molecule has 0 aliphatic carbocycles. The van der Waals surface area contributed by atoms with Crippen LogP contribution in [0.15, 0.2) is 6.20 Å². The first-order chi connectivity index (χ1) is 10.1. The Hall–Kier alpha value is -1.36. The Morgan fingerprint density at radius 3 is 2.67 bits per heavy atom. The van der Waals surface area contributed by atoms with Crippen LogP contribution in [-0.2, 0) is 11.2 Å². The van der Waals surface area contributed by atoms with Crippen molar-refractivity contribution in [1.82, 2.24) is 14.5 Å². The summed E-state index contributed by atoms with van der Waals surface area (Å²) < 4.78 is 1.91. The Balaban J connectivity index is 1.75. The molecule has 1 saturated heterocycles. The van der Waals surface area contributed by atoms with E-state index in [0.29, 0.717) is 12.0 Å². The van der Waals surface area contributed by atoms with Crippen molar-refractivity contribution in [2.24, 2.45) is 0 Å². The molecule has 0 radical (unpaired) electrons. The monoisotopic (exact) mass is 291 g/mol. The van der Waals surface area contributed by atoms with Crippen LogP contribution in [-0.4, -0.2) is 44.7 Å². The number of aromatic nitrogens is 2. The Bertz CT molecular complexity index is 516. The van der Waals surface area contributed by atoms with Gasteiger partial charge < -0.3 is 14.6 Å². The maximum Gasteiger partial charge on any atom is 0.326 e. The summed E-state index contributed by atoms with van der Waals surface area (Å²) >= 11 is 0. The summed E-state index contributed by atoms with van der Waals surface area (Å²) in [6.45, 7) is 6.72. The van der Waals surface area contributed by atoms with Crippen molar-refractivity contribution >= 4 is 5.97 Å². The lowest BCUT2D eigenvalue weighted by molar-refractivity contribution is -0.141. The van der Waals surface area contributed by atoms with Crippen LogP contribution in [0.25, 0.3) is 0 Å². The van der Waals surface area contributed by atoms with E-state index >= 15 is 0 Å². The number of hydrogen-bond acceptors (Lipinski definition) is 3. The van der Waals surface area contributed by atoms with Crippen LogP contribution in [0.5, 0.6) is 0 Å². The van der Waals surface area contributed by atoms with E-state index < -0.39 is 12.0 Å². The molecule has 1 unspecified atom stereocenters. The zero-order valence-electron chi connectivity index (χ0n) is 13.0. The quantitative estimate of drug-likeness (QED) is 0.929. The molecule has 3 rings (SSSR count). The highest BCUT2D eigenvalue weighted by Gasteiger charge is 2.30. The van der Waals surface area contributed by atoms with Crippen LogP contribution in [0.2, 0.25) is 0 Å². The number of rotatable bonds is 3. The number of aryl methyl sites for hydroxylation is 1. The maximum atomic E-state index is 11.4. The van der Waals surface area contributed by atoms with E-state index in [1.165, 1.54) is 0 Å². The van der Waals surface area contributed by atoms with Crippen molar-refractivity contribution in [2.75, 3.05) is 13.1 Å². The predicted octanol–water partition coefficient (Wildman–Crippen LogP) is 2.43. The number of carboxylic acid groups (broad SMARTS) is 1. The van der Waals surface area contributed by atoms with Crippen molar-refractivity contribution in [3.63, 3.8) is 0 Å². The van der Waals surface area contributed by atoms with E-state index in [0.717, 1.165) is 56.7 Å². The molecule has 0 bridgehead atoms.